The van der Waals surface area contributed by atoms with Crippen LogP contribution in [0.25, 0.3) is 0 Å². The average Bonchev–Trinajstić information content (AvgIpc) is 3.05. The highest BCUT2D eigenvalue weighted by Gasteiger charge is 2.29. The van der Waals surface area contributed by atoms with Crippen molar-refractivity contribution in [2.75, 3.05) is 53.2 Å². The number of rotatable bonds is 18. The number of nitrogens with one attached hydrogen (secondary N) is 3. The second-order valence-electron chi connectivity index (χ2n) is 11.0. The van der Waals surface area contributed by atoms with Crippen LogP contribution in [0.2, 0.25) is 0 Å². The number of nitrogens with zero attached hydrogens (tertiary/aromatic N) is 1. The van der Waals surface area contributed by atoms with Crippen LogP contribution in [0.5, 0.6) is 11.5 Å². The lowest BCUT2D eigenvalue weighted by atomic mass is 9.99. The van der Waals surface area contributed by atoms with Crippen molar-refractivity contribution in [3.8, 4) is 11.5 Å². The molecule has 256 valence electrons. The van der Waals surface area contributed by atoms with E-state index in [0.717, 1.165) is 5.56 Å². The Morgan fingerprint density at radius 2 is 1.43 bits per heavy atom. The van der Waals surface area contributed by atoms with Crippen LogP contribution in [0.1, 0.15) is 31.4 Å². The van der Waals surface area contributed by atoms with Gasteiger partial charge in [-0.2, -0.15) is 0 Å². The van der Waals surface area contributed by atoms with Crippen molar-refractivity contribution in [3.63, 3.8) is 0 Å². The van der Waals surface area contributed by atoms with Gasteiger partial charge in [0.1, 0.15) is 23.6 Å². The van der Waals surface area contributed by atoms with Crippen molar-refractivity contribution in [2.45, 2.75) is 51.2 Å². The summed E-state index contributed by atoms with van der Waals surface area (Å²) >= 11 is 0. The summed E-state index contributed by atoms with van der Waals surface area (Å²) in [5.41, 5.74) is 6.50. The van der Waals surface area contributed by atoms with Crippen molar-refractivity contribution < 1.29 is 42.9 Å². The summed E-state index contributed by atoms with van der Waals surface area (Å²) in [6.45, 7) is 6.41. The molecule has 1 aliphatic rings. The largest absolute Gasteiger partial charge is 0.497 e. The first-order chi connectivity index (χ1) is 22.6. The number of ketones is 1. The van der Waals surface area contributed by atoms with Crippen LogP contribution in [0, 0.1) is 0 Å². The Morgan fingerprint density at radius 1 is 0.851 bits per heavy atom. The Morgan fingerprint density at radius 3 is 2.00 bits per heavy atom. The number of carbonyl (C=O) groups is 5. The number of hydrogen-bond acceptors (Lipinski definition) is 10. The molecule has 1 fully saturated rings. The van der Waals surface area contributed by atoms with Gasteiger partial charge in [-0.25, -0.2) is 4.79 Å². The van der Waals surface area contributed by atoms with Gasteiger partial charge in [0, 0.05) is 32.5 Å². The van der Waals surface area contributed by atoms with Crippen molar-refractivity contribution in [1.82, 2.24) is 20.9 Å². The standard InChI is InChI=1S/C33H45N5O9/c1-4-45-16-13-29(39)27(19-23-7-11-26(12-8-23)47-33(34)43)36-32(42)28(20-24-5-9-25(44-3)10-6-24)37-31(41)22(2)35-30(40)21-38-14-17-46-18-15-38/h5-12,22,27-28H,4,13-21H2,1-3H3,(H2,34,43)(H,35,40)(H,36,42)(H,37,41). The Kier molecular flexibility index (Phi) is 15.1. The molecule has 14 heteroatoms. The number of primary amides is 1. The number of amides is 4. The Hall–Kier alpha value is -4.53. The molecule has 5 N–H and O–H groups in total. The maximum Gasteiger partial charge on any atom is 0.409 e. The lowest BCUT2D eigenvalue weighted by molar-refractivity contribution is -0.133. The van der Waals surface area contributed by atoms with Crippen LogP contribution in [-0.4, -0.2) is 106 Å². The fraction of sp³-hybridized carbons (Fsp3) is 0.485. The van der Waals surface area contributed by atoms with Crippen molar-refractivity contribution in [2.24, 2.45) is 5.73 Å². The summed E-state index contributed by atoms with van der Waals surface area (Å²) in [5.74, 6) is -0.858. The van der Waals surface area contributed by atoms with Gasteiger partial charge in [0.05, 0.1) is 39.5 Å². The fourth-order valence-corrected chi connectivity index (χ4v) is 4.87. The highest BCUT2D eigenvalue weighted by Crippen LogP contribution is 2.16. The van der Waals surface area contributed by atoms with Gasteiger partial charge in [-0.05, 0) is 55.7 Å². The van der Waals surface area contributed by atoms with Gasteiger partial charge < -0.3 is 40.6 Å². The summed E-state index contributed by atoms with van der Waals surface area (Å²) < 4.78 is 20.8. The third kappa shape index (κ3) is 13.0. The minimum Gasteiger partial charge on any atom is -0.497 e. The molecule has 3 unspecified atom stereocenters. The topological polar surface area (TPSA) is 188 Å². The van der Waals surface area contributed by atoms with Crippen LogP contribution in [0.15, 0.2) is 48.5 Å². The second-order valence-corrected chi connectivity index (χ2v) is 11.0. The van der Waals surface area contributed by atoms with Crippen LogP contribution in [0.4, 0.5) is 4.79 Å². The van der Waals surface area contributed by atoms with Crippen LogP contribution in [-0.2, 0) is 41.5 Å². The van der Waals surface area contributed by atoms with E-state index in [-0.39, 0.29) is 49.9 Å². The minimum atomic E-state index is -1.08. The van der Waals surface area contributed by atoms with E-state index in [2.05, 4.69) is 16.0 Å². The SMILES string of the molecule is CCOCCC(=O)C(Cc1ccc(OC(N)=O)cc1)NC(=O)C(Cc1ccc(OC)cc1)NC(=O)C(C)NC(=O)CN1CCOCC1. The highest BCUT2D eigenvalue weighted by molar-refractivity contribution is 5.95. The van der Waals surface area contributed by atoms with E-state index < -0.39 is 36.0 Å². The van der Waals surface area contributed by atoms with E-state index in [1.54, 1.807) is 50.4 Å². The van der Waals surface area contributed by atoms with E-state index in [9.17, 15) is 24.0 Å². The zero-order valence-electron chi connectivity index (χ0n) is 27.1. The summed E-state index contributed by atoms with van der Waals surface area (Å²) in [6.07, 6.45) is -0.659. The number of morpholine rings is 1. The molecular weight excluding hydrogens is 610 g/mol. The Labute approximate surface area is 274 Å². The minimum absolute atomic E-state index is 0.0589. The number of carbonyl (C=O) groups excluding carboxylic acids is 5. The van der Waals surface area contributed by atoms with Crippen molar-refractivity contribution in [3.05, 3.63) is 59.7 Å². The Bertz CT molecular complexity index is 1330. The number of methoxy groups -OCH3 is 1. The molecule has 3 atom stereocenters. The number of Topliss-reactive ketones (excluding diaryl/α,β-unsaturated/α-hetero) is 1. The molecule has 1 aliphatic heterocycles. The molecule has 1 heterocycles. The molecule has 0 radical (unpaired) electrons. The van der Waals surface area contributed by atoms with Crippen LogP contribution < -0.4 is 31.2 Å². The predicted molar refractivity (Wildman–Crippen MR) is 172 cm³/mol. The van der Waals surface area contributed by atoms with E-state index in [4.69, 9.17) is 24.7 Å². The molecule has 0 saturated carbocycles. The molecule has 47 heavy (non-hydrogen) atoms. The number of hydrogen-bond donors (Lipinski definition) is 4. The molecule has 0 aliphatic carbocycles. The maximum absolute atomic E-state index is 13.8. The molecule has 14 nitrogen and oxygen atoms in total. The van der Waals surface area contributed by atoms with Gasteiger partial charge in [-0.3, -0.25) is 24.1 Å². The summed E-state index contributed by atoms with van der Waals surface area (Å²) in [6, 6.07) is 10.5. The van der Waals surface area contributed by atoms with Gasteiger partial charge in [0.25, 0.3) is 0 Å². The van der Waals surface area contributed by atoms with E-state index in [1.807, 2.05) is 11.8 Å². The molecule has 0 aromatic heterocycles. The predicted octanol–water partition coefficient (Wildman–Crippen LogP) is 0.740. The summed E-state index contributed by atoms with van der Waals surface area (Å²) in [5, 5.41) is 8.29. The molecule has 4 amide bonds. The van der Waals surface area contributed by atoms with Gasteiger partial charge in [-0.1, -0.05) is 24.3 Å². The smallest absolute Gasteiger partial charge is 0.409 e. The van der Waals surface area contributed by atoms with Crippen LogP contribution >= 0.6 is 0 Å². The molecule has 0 bridgehead atoms. The molecule has 1 saturated heterocycles. The zero-order chi connectivity index (χ0) is 34.2. The third-order valence-corrected chi connectivity index (χ3v) is 7.46. The van der Waals surface area contributed by atoms with E-state index in [0.29, 0.717) is 44.2 Å². The summed E-state index contributed by atoms with van der Waals surface area (Å²) in [7, 11) is 1.54. The van der Waals surface area contributed by atoms with Gasteiger partial charge in [0.15, 0.2) is 5.78 Å². The number of nitrogens with two attached hydrogens (primary N) is 1. The second kappa shape index (κ2) is 19.2. The van der Waals surface area contributed by atoms with E-state index in [1.165, 1.54) is 12.1 Å². The number of ether oxygens (including phenoxy) is 4. The molecular formula is C33H45N5O9. The maximum atomic E-state index is 13.8. The molecule has 2 aromatic rings. The van der Waals surface area contributed by atoms with Crippen LogP contribution in [0.3, 0.4) is 0 Å². The zero-order valence-corrected chi connectivity index (χ0v) is 27.1. The van der Waals surface area contributed by atoms with Crippen molar-refractivity contribution >= 4 is 29.6 Å². The molecule has 3 rings (SSSR count). The third-order valence-electron chi connectivity index (χ3n) is 7.46. The molecule has 0 spiro atoms. The lowest BCUT2D eigenvalue weighted by Crippen LogP contribution is -2.56. The van der Waals surface area contributed by atoms with Crippen molar-refractivity contribution in [1.29, 1.82) is 0 Å². The van der Waals surface area contributed by atoms with Gasteiger partial charge in [0.2, 0.25) is 17.7 Å². The van der Waals surface area contributed by atoms with Gasteiger partial charge >= 0.3 is 6.09 Å². The fourth-order valence-electron chi connectivity index (χ4n) is 4.87. The first kappa shape index (κ1) is 36.9. The first-order valence-corrected chi connectivity index (χ1v) is 15.6. The average molecular weight is 656 g/mol. The highest BCUT2D eigenvalue weighted by atomic mass is 16.5. The Balaban J connectivity index is 1.76. The number of benzene rings is 2. The molecule has 2 aromatic carbocycles. The summed E-state index contributed by atoms with van der Waals surface area (Å²) in [4.78, 5) is 66.0. The monoisotopic (exact) mass is 655 g/mol. The lowest BCUT2D eigenvalue weighted by Gasteiger charge is -2.27. The van der Waals surface area contributed by atoms with Gasteiger partial charge in [-0.15, -0.1) is 0 Å². The normalized spacial score (nSPS) is 15.0. The first-order valence-electron chi connectivity index (χ1n) is 15.6. The quantitative estimate of drug-likeness (QED) is 0.167. The van der Waals surface area contributed by atoms with E-state index >= 15 is 0 Å².